The zero-order chi connectivity index (χ0) is 21.9. The van der Waals surface area contributed by atoms with Crippen LogP contribution in [0, 0.1) is 0 Å². The van der Waals surface area contributed by atoms with Crippen LogP contribution in [0.3, 0.4) is 0 Å². The van der Waals surface area contributed by atoms with Gasteiger partial charge in [0, 0.05) is 36.1 Å². The Morgan fingerprint density at radius 1 is 1.20 bits per heavy atom. The maximum atomic E-state index is 13.4. The number of benzene rings is 1. The molecule has 3 rings (SSSR count). The third-order valence-corrected chi connectivity index (χ3v) is 5.23. The number of alkyl halides is 3. The predicted molar refractivity (Wildman–Crippen MR) is 104 cm³/mol. The van der Waals surface area contributed by atoms with E-state index < -0.39 is 29.6 Å². The molecule has 11 heteroatoms. The second-order valence-electron chi connectivity index (χ2n) is 6.32. The van der Waals surface area contributed by atoms with Crippen LogP contribution < -0.4 is 5.32 Å². The summed E-state index contributed by atoms with van der Waals surface area (Å²) in [5.74, 6) is -1.39. The Morgan fingerprint density at radius 3 is 2.57 bits per heavy atom. The monoisotopic (exact) mass is 435 g/mol. The Bertz CT molecular complexity index is 1040. The zero-order valence-electron chi connectivity index (χ0n) is 15.8. The highest BCUT2D eigenvalue weighted by molar-refractivity contribution is 7.09. The third kappa shape index (κ3) is 4.79. The van der Waals surface area contributed by atoms with Crippen LogP contribution in [-0.4, -0.2) is 38.9 Å². The fourth-order valence-electron chi connectivity index (χ4n) is 2.59. The van der Waals surface area contributed by atoms with E-state index in [9.17, 15) is 22.8 Å². The zero-order valence-corrected chi connectivity index (χ0v) is 16.7. The highest BCUT2D eigenvalue weighted by Gasteiger charge is 2.33. The molecular formula is C19H16F3N5O2S. The molecule has 0 saturated carbocycles. The molecule has 3 aromatic rings. The number of rotatable bonds is 5. The molecule has 2 heterocycles. The largest absolute Gasteiger partial charge is 0.416 e. The SMILES string of the molecule is CC(c1nccs1)N(C)C(=O)c1cc(NC(=O)c2cccnn2)cc(C(F)(F)F)c1. The van der Waals surface area contributed by atoms with Gasteiger partial charge in [-0.25, -0.2) is 4.98 Å². The summed E-state index contributed by atoms with van der Waals surface area (Å²) in [6.07, 6.45) is -1.77. The molecule has 0 aliphatic rings. The minimum Gasteiger partial charge on any atom is -0.333 e. The van der Waals surface area contributed by atoms with E-state index in [1.54, 1.807) is 18.5 Å². The Morgan fingerprint density at radius 2 is 1.97 bits per heavy atom. The molecular weight excluding hydrogens is 419 g/mol. The lowest BCUT2D eigenvalue weighted by Gasteiger charge is -2.24. The summed E-state index contributed by atoms with van der Waals surface area (Å²) >= 11 is 1.33. The molecule has 0 fully saturated rings. The number of hydrogen-bond acceptors (Lipinski definition) is 6. The van der Waals surface area contributed by atoms with E-state index in [-0.39, 0.29) is 16.9 Å². The lowest BCUT2D eigenvalue weighted by Crippen LogP contribution is -2.30. The Labute approximate surface area is 173 Å². The van der Waals surface area contributed by atoms with E-state index in [1.807, 2.05) is 0 Å². The number of amides is 2. The molecule has 1 aromatic carbocycles. The van der Waals surface area contributed by atoms with Gasteiger partial charge in [0.05, 0.1) is 11.6 Å². The Balaban J connectivity index is 1.92. The van der Waals surface area contributed by atoms with Crippen LogP contribution in [0.1, 0.15) is 44.4 Å². The fourth-order valence-corrected chi connectivity index (χ4v) is 3.33. The summed E-state index contributed by atoms with van der Waals surface area (Å²) in [4.78, 5) is 30.6. The second kappa shape index (κ2) is 8.57. The third-order valence-electron chi connectivity index (χ3n) is 4.28. The molecule has 156 valence electrons. The van der Waals surface area contributed by atoms with Crippen LogP contribution in [0.25, 0.3) is 0 Å². The number of halogens is 3. The summed E-state index contributed by atoms with van der Waals surface area (Å²) in [6, 6.07) is 5.10. The van der Waals surface area contributed by atoms with Crippen molar-refractivity contribution >= 4 is 28.8 Å². The van der Waals surface area contributed by atoms with Gasteiger partial charge in [-0.3, -0.25) is 9.59 Å². The predicted octanol–water partition coefficient (Wildman–Crippen LogP) is 4.04. The molecule has 0 radical (unpaired) electrons. The van der Waals surface area contributed by atoms with Gasteiger partial charge in [0.1, 0.15) is 5.01 Å². The van der Waals surface area contributed by atoms with Crippen molar-refractivity contribution in [3.63, 3.8) is 0 Å². The summed E-state index contributed by atoms with van der Waals surface area (Å²) in [6.45, 7) is 1.72. The Hall–Kier alpha value is -3.34. The molecule has 30 heavy (non-hydrogen) atoms. The first kappa shape index (κ1) is 21.4. The van der Waals surface area contributed by atoms with Crippen LogP contribution in [0.2, 0.25) is 0 Å². The van der Waals surface area contributed by atoms with Crippen LogP contribution in [0.4, 0.5) is 18.9 Å². The van der Waals surface area contributed by atoms with Crippen molar-refractivity contribution in [2.45, 2.75) is 19.1 Å². The number of thiazole rings is 1. The molecule has 2 amide bonds. The summed E-state index contributed by atoms with van der Waals surface area (Å²) < 4.78 is 40.2. The van der Waals surface area contributed by atoms with E-state index in [2.05, 4.69) is 20.5 Å². The van der Waals surface area contributed by atoms with Crippen molar-refractivity contribution < 1.29 is 22.8 Å². The number of nitrogens with one attached hydrogen (secondary N) is 1. The van der Waals surface area contributed by atoms with E-state index >= 15 is 0 Å². The first-order valence-corrected chi connectivity index (χ1v) is 9.52. The molecule has 2 aromatic heterocycles. The van der Waals surface area contributed by atoms with Gasteiger partial charge < -0.3 is 10.2 Å². The number of aromatic nitrogens is 3. The summed E-state index contributed by atoms with van der Waals surface area (Å²) in [5.41, 5.74) is -1.53. The normalized spacial score (nSPS) is 12.3. The molecule has 0 aliphatic carbocycles. The van der Waals surface area contributed by atoms with Gasteiger partial charge in [0.2, 0.25) is 0 Å². The van der Waals surface area contributed by atoms with E-state index in [1.165, 1.54) is 47.7 Å². The molecule has 0 bridgehead atoms. The first-order valence-electron chi connectivity index (χ1n) is 8.64. The van der Waals surface area contributed by atoms with Crippen molar-refractivity contribution in [1.29, 1.82) is 0 Å². The lowest BCUT2D eigenvalue weighted by molar-refractivity contribution is -0.137. The van der Waals surface area contributed by atoms with Crippen LogP contribution >= 0.6 is 11.3 Å². The molecule has 0 saturated heterocycles. The van der Waals surface area contributed by atoms with Crippen molar-refractivity contribution in [3.05, 3.63) is 69.9 Å². The number of carbonyl (C=O) groups excluding carboxylic acids is 2. The average molecular weight is 435 g/mol. The average Bonchev–Trinajstić information content (AvgIpc) is 3.26. The van der Waals surface area contributed by atoms with Crippen molar-refractivity contribution in [1.82, 2.24) is 20.1 Å². The molecule has 0 aliphatic heterocycles. The van der Waals surface area contributed by atoms with Gasteiger partial charge in [-0.15, -0.1) is 16.4 Å². The molecule has 1 N–H and O–H groups in total. The maximum Gasteiger partial charge on any atom is 0.416 e. The minimum atomic E-state index is -4.71. The van der Waals surface area contributed by atoms with Crippen molar-refractivity contribution in [2.24, 2.45) is 0 Å². The second-order valence-corrected chi connectivity index (χ2v) is 7.25. The van der Waals surface area contributed by atoms with Crippen LogP contribution in [0.5, 0.6) is 0 Å². The maximum absolute atomic E-state index is 13.4. The van der Waals surface area contributed by atoms with Gasteiger partial charge in [-0.05, 0) is 37.3 Å². The fraction of sp³-hybridized carbons (Fsp3) is 0.211. The van der Waals surface area contributed by atoms with Gasteiger partial charge >= 0.3 is 6.18 Å². The van der Waals surface area contributed by atoms with E-state index in [4.69, 9.17) is 0 Å². The highest BCUT2D eigenvalue weighted by Crippen LogP contribution is 2.33. The van der Waals surface area contributed by atoms with Crippen molar-refractivity contribution in [3.8, 4) is 0 Å². The highest BCUT2D eigenvalue weighted by atomic mass is 32.1. The van der Waals surface area contributed by atoms with Gasteiger partial charge in [-0.2, -0.15) is 18.3 Å². The van der Waals surface area contributed by atoms with Crippen molar-refractivity contribution in [2.75, 3.05) is 12.4 Å². The van der Waals surface area contributed by atoms with Crippen LogP contribution in [0.15, 0.2) is 48.1 Å². The first-order chi connectivity index (χ1) is 14.2. The van der Waals surface area contributed by atoms with Gasteiger partial charge in [0.15, 0.2) is 5.69 Å². The lowest BCUT2D eigenvalue weighted by atomic mass is 10.1. The molecule has 0 spiro atoms. The van der Waals surface area contributed by atoms with E-state index in [0.717, 1.165) is 12.1 Å². The molecule has 1 atom stereocenters. The van der Waals surface area contributed by atoms with Gasteiger partial charge in [-0.1, -0.05) is 0 Å². The summed E-state index contributed by atoms with van der Waals surface area (Å²) in [7, 11) is 1.48. The standard InChI is InChI=1S/C19H16F3N5O2S/c1-11(17-23-6-7-30-17)27(2)18(29)12-8-13(19(20,21)22)10-14(9-12)25-16(28)15-4-3-5-24-26-15/h3-11H,1-2H3,(H,25,28). The Kier molecular flexibility index (Phi) is 6.11. The topological polar surface area (TPSA) is 88.1 Å². The number of hydrogen-bond donors (Lipinski definition) is 1. The smallest absolute Gasteiger partial charge is 0.333 e. The molecule has 1 unspecified atom stereocenters. The molecule has 7 nitrogen and oxygen atoms in total. The number of nitrogens with zero attached hydrogens (tertiary/aromatic N) is 4. The van der Waals surface area contributed by atoms with Crippen LogP contribution in [-0.2, 0) is 6.18 Å². The quantitative estimate of drug-likeness (QED) is 0.654. The number of anilines is 1. The van der Waals surface area contributed by atoms with E-state index in [0.29, 0.717) is 5.01 Å². The minimum absolute atomic E-state index is 0.0719. The number of carbonyl (C=O) groups is 2. The van der Waals surface area contributed by atoms with Gasteiger partial charge in [0.25, 0.3) is 11.8 Å². The summed E-state index contributed by atoms with van der Waals surface area (Å²) in [5, 5.41) is 11.9.